The summed E-state index contributed by atoms with van der Waals surface area (Å²) in [5.41, 5.74) is 0.214. The largest absolute Gasteiger partial charge is 0.393 e. The SMILES string of the molecule is CCCC(C)CC(O)C(C)C(C)(C)C. The highest BCUT2D eigenvalue weighted by molar-refractivity contribution is 4.77. The molecule has 0 bridgehead atoms. The van der Waals surface area contributed by atoms with Crippen LogP contribution >= 0.6 is 0 Å². The summed E-state index contributed by atoms with van der Waals surface area (Å²) in [4.78, 5) is 0. The Kier molecular flexibility index (Phi) is 5.73. The lowest BCUT2D eigenvalue weighted by atomic mass is 9.76. The summed E-state index contributed by atoms with van der Waals surface area (Å²) < 4.78 is 0. The summed E-state index contributed by atoms with van der Waals surface area (Å²) in [5.74, 6) is 1.03. The third-order valence-corrected chi connectivity index (χ3v) is 3.37. The fraction of sp³-hybridized carbons (Fsp3) is 1.00. The van der Waals surface area contributed by atoms with E-state index >= 15 is 0 Å². The summed E-state index contributed by atoms with van der Waals surface area (Å²) >= 11 is 0. The molecule has 1 heteroatoms. The van der Waals surface area contributed by atoms with E-state index in [-0.39, 0.29) is 11.5 Å². The molecule has 0 aliphatic rings. The number of rotatable bonds is 5. The lowest BCUT2D eigenvalue weighted by Crippen LogP contribution is -2.30. The molecule has 1 N–H and O–H groups in total. The molecule has 3 atom stereocenters. The van der Waals surface area contributed by atoms with Gasteiger partial charge in [0, 0.05) is 0 Å². The van der Waals surface area contributed by atoms with Crippen LogP contribution in [-0.2, 0) is 0 Å². The molecule has 0 aromatic heterocycles. The second-order valence-corrected chi connectivity index (χ2v) is 5.85. The molecule has 0 aromatic carbocycles. The average Bonchev–Trinajstić information content (AvgIpc) is 2.01. The molecule has 0 spiro atoms. The Balaban J connectivity index is 4.01. The van der Waals surface area contributed by atoms with Crippen molar-refractivity contribution in [3.05, 3.63) is 0 Å². The third kappa shape index (κ3) is 4.99. The first kappa shape index (κ1) is 14.0. The maximum Gasteiger partial charge on any atom is 0.0573 e. The van der Waals surface area contributed by atoms with Crippen LogP contribution in [0.25, 0.3) is 0 Å². The summed E-state index contributed by atoms with van der Waals surface area (Å²) in [5, 5.41) is 10.1. The first-order valence-electron chi connectivity index (χ1n) is 5.97. The molecule has 3 unspecified atom stereocenters. The lowest BCUT2D eigenvalue weighted by Gasteiger charge is -2.32. The van der Waals surface area contributed by atoms with Gasteiger partial charge in [-0.2, -0.15) is 0 Å². The standard InChI is InChI=1S/C13H28O/c1-7-8-10(2)9-12(14)11(3)13(4,5)6/h10-12,14H,7-9H2,1-6H3. The van der Waals surface area contributed by atoms with Crippen molar-refractivity contribution in [1.29, 1.82) is 0 Å². The maximum absolute atomic E-state index is 10.1. The number of hydrogen-bond acceptors (Lipinski definition) is 1. The Morgan fingerprint density at radius 3 is 2.00 bits per heavy atom. The van der Waals surface area contributed by atoms with Gasteiger partial charge in [0.2, 0.25) is 0 Å². The summed E-state index contributed by atoms with van der Waals surface area (Å²) in [6.45, 7) is 13.2. The van der Waals surface area contributed by atoms with Crippen molar-refractivity contribution in [2.24, 2.45) is 17.3 Å². The fourth-order valence-corrected chi connectivity index (χ4v) is 1.80. The molecule has 0 heterocycles. The second-order valence-electron chi connectivity index (χ2n) is 5.85. The van der Waals surface area contributed by atoms with E-state index in [2.05, 4.69) is 41.5 Å². The van der Waals surface area contributed by atoms with E-state index in [0.29, 0.717) is 11.8 Å². The van der Waals surface area contributed by atoms with Crippen LogP contribution < -0.4 is 0 Å². The van der Waals surface area contributed by atoms with E-state index in [1.807, 2.05) is 0 Å². The maximum atomic E-state index is 10.1. The van der Waals surface area contributed by atoms with Crippen LogP contribution in [0.5, 0.6) is 0 Å². The van der Waals surface area contributed by atoms with Gasteiger partial charge in [-0.1, -0.05) is 54.4 Å². The Hall–Kier alpha value is -0.0400. The van der Waals surface area contributed by atoms with Crippen LogP contribution in [0, 0.1) is 17.3 Å². The van der Waals surface area contributed by atoms with Gasteiger partial charge >= 0.3 is 0 Å². The molecule has 0 radical (unpaired) electrons. The summed E-state index contributed by atoms with van der Waals surface area (Å²) in [6.07, 6.45) is 3.26. The van der Waals surface area contributed by atoms with Crippen molar-refractivity contribution in [1.82, 2.24) is 0 Å². The lowest BCUT2D eigenvalue weighted by molar-refractivity contribution is 0.0363. The quantitative estimate of drug-likeness (QED) is 0.714. The van der Waals surface area contributed by atoms with Crippen molar-refractivity contribution in [3.63, 3.8) is 0 Å². The van der Waals surface area contributed by atoms with Crippen molar-refractivity contribution in [2.45, 2.75) is 66.9 Å². The van der Waals surface area contributed by atoms with Gasteiger partial charge in [0.05, 0.1) is 6.10 Å². The Bertz CT molecular complexity index is 146. The van der Waals surface area contributed by atoms with Crippen LogP contribution in [0.1, 0.15) is 60.8 Å². The summed E-state index contributed by atoms with van der Waals surface area (Å²) in [7, 11) is 0. The Morgan fingerprint density at radius 1 is 1.14 bits per heavy atom. The van der Waals surface area contributed by atoms with Crippen molar-refractivity contribution in [2.75, 3.05) is 0 Å². The molecule has 86 valence electrons. The van der Waals surface area contributed by atoms with Crippen molar-refractivity contribution < 1.29 is 5.11 Å². The van der Waals surface area contributed by atoms with E-state index in [1.54, 1.807) is 0 Å². The van der Waals surface area contributed by atoms with E-state index in [0.717, 1.165) is 6.42 Å². The van der Waals surface area contributed by atoms with Crippen molar-refractivity contribution in [3.8, 4) is 0 Å². The zero-order valence-corrected chi connectivity index (χ0v) is 10.8. The second kappa shape index (κ2) is 5.75. The minimum Gasteiger partial charge on any atom is -0.393 e. The van der Waals surface area contributed by atoms with E-state index in [1.165, 1.54) is 12.8 Å². The molecule has 0 saturated carbocycles. The van der Waals surface area contributed by atoms with E-state index < -0.39 is 0 Å². The molecule has 0 aliphatic carbocycles. The first-order chi connectivity index (χ1) is 6.29. The predicted octanol–water partition coefficient (Wildman–Crippen LogP) is 3.86. The molecule has 0 aliphatic heterocycles. The van der Waals surface area contributed by atoms with Crippen molar-refractivity contribution >= 4 is 0 Å². The van der Waals surface area contributed by atoms with Gasteiger partial charge in [-0.05, 0) is 23.7 Å². The topological polar surface area (TPSA) is 20.2 Å². The zero-order valence-electron chi connectivity index (χ0n) is 10.8. The van der Waals surface area contributed by atoms with E-state index in [4.69, 9.17) is 0 Å². The highest BCUT2D eigenvalue weighted by Crippen LogP contribution is 2.31. The molecule has 0 rings (SSSR count). The Morgan fingerprint density at radius 2 is 1.64 bits per heavy atom. The molecule has 1 nitrogen and oxygen atoms in total. The molecule has 0 aromatic rings. The average molecular weight is 200 g/mol. The van der Waals surface area contributed by atoms with Crippen LogP contribution in [0.15, 0.2) is 0 Å². The predicted molar refractivity (Wildman–Crippen MR) is 63.3 cm³/mol. The van der Waals surface area contributed by atoms with Crippen LogP contribution in [0.3, 0.4) is 0 Å². The van der Waals surface area contributed by atoms with Crippen LogP contribution in [0.4, 0.5) is 0 Å². The Labute approximate surface area is 89.9 Å². The van der Waals surface area contributed by atoms with Gasteiger partial charge in [0.25, 0.3) is 0 Å². The van der Waals surface area contributed by atoms with Crippen LogP contribution in [0.2, 0.25) is 0 Å². The minimum atomic E-state index is -0.142. The number of aliphatic hydroxyl groups is 1. The van der Waals surface area contributed by atoms with Gasteiger partial charge in [-0.25, -0.2) is 0 Å². The number of aliphatic hydroxyl groups excluding tert-OH is 1. The minimum absolute atomic E-state index is 0.142. The molecular weight excluding hydrogens is 172 g/mol. The van der Waals surface area contributed by atoms with E-state index in [9.17, 15) is 5.11 Å². The smallest absolute Gasteiger partial charge is 0.0573 e. The first-order valence-corrected chi connectivity index (χ1v) is 5.97. The summed E-state index contributed by atoms with van der Waals surface area (Å²) in [6, 6.07) is 0. The van der Waals surface area contributed by atoms with Gasteiger partial charge in [-0.3, -0.25) is 0 Å². The van der Waals surface area contributed by atoms with Gasteiger partial charge in [0.15, 0.2) is 0 Å². The fourth-order valence-electron chi connectivity index (χ4n) is 1.80. The van der Waals surface area contributed by atoms with Crippen LogP contribution in [-0.4, -0.2) is 11.2 Å². The van der Waals surface area contributed by atoms with Gasteiger partial charge in [-0.15, -0.1) is 0 Å². The molecule has 0 saturated heterocycles. The number of hydrogen-bond donors (Lipinski definition) is 1. The molecule has 0 amide bonds. The zero-order chi connectivity index (χ0) is 11.4. The molecule has 14 heavy (non-hydrogen) atoms. The normalized spacial score (nSPS) is 19.1. The molecule has 0 fully saturated rings. The molecular formula is C13H28O. The highest BCUT2D eigenvalue weighted by Gasteiger charge is 2.27. The van der Waals surface area contributed by atoms with Gasteiger partial charge < -0.3 is 5.11 Å². The van der Waals surface area contributed by atoms with Gasteiger partial charge in [0.1, 0.15) is 0 Å². The third-order valence-electron chi connectivity index (χ3n) is 3.37. The highest BCUT2D eigenvalue weighted by atomic mass is 16.3. The monoisotopic (exact) mass is 200 g/mol.